The third-order valence-corrected chi connectivity index (χ3v) is 2.56. The molecule has 0 aliphatic heterocycles. The predicted molar refractivity (Wildman–Crippen MR) is 66.5 cm³/mol. The Morgan fingerprint density at radius 2 is 2.06 bits per heavy atom. The zero-order chi connectivity index (χ0) is 12.7. The van der Waals surface area contributed by atoms with E-state index in [0.717, 1.165) is 4.90 Å². The molecule has 2 atom stereocenters. The second-order valence-electron chi connectivity index (χ2n) is 3.56. The van der Waals surface area contributed by atoms with E-state index in [2.05, 4.69) is 12.6 Å². The van der Waals surface area contributed by atoms with Crippen LogP contribution in [0.1, 0.15) is 26.7 Å². The van der Waals surface area contributed by atoms with E-state index in [4.69, 9.17) is 16.7 Å². The van der Waals surface area contributed by atoms with Gasteiger partial charge in [0, 0.05) is 18.2 Å². The Kier molecular flexibility index (Phi) is 7.80. The molecule has 0 aromatic heterocycles. The molecule has 0 fully saturated rings. The molecule has 1 N–H and O–H groups in total. The summed E-state index contributed by atoms with van der Waals surface area (Å²) >= 11 is 9.31. The number of rotatable bonds is 6. The zero-order valence-corrected chi connectivity index (χ0v) is 11.2. The van der Waals surface area contributed by atoms with Gasteiger partial charge in [0.15, 0.2) is 0 Å². The van der Waals surface area contributed by atoms with Gasteiger partial charge in [-0.25, -0.2) is 0 Å². The van der Waals surface area contributed by atoms with Crippen molar-refractivity contribution >= 4 is 36.0 Å². The highest BCUT2D eigenvalue weighted by Crippen LogP contribution is 2.11. The zero-order valence-electron chi connectivity index (χ0n) is 9.52. The number of alkyl halides is 1. The number of nitrogens with zero attached hydrogens (tertiary/aromatic N) is 1. The summed E-state index contributed by atoms with van der Waals surface area (Å²) in [4.78, 5) is 24.4. The average Bonchev–Trinajstić information content (AvgIpc) is 2.24. The molecular weight excluding hydrogens is 250 g/mol. The van der Waals surface area contributed by atoms with Crippen LogP contribution in [0.15, 0.2) is 0 Å². The van der Waals surface area contributed by atoms with E-state index in [9.17, 15) is 9.59 Å². The maximum absolute atomic E-state index is 11.9. The number of hydrogen-bond acceptors (Lipinski definition) is 4. The lowest BCUT2D eigenvalue weighted by Gasteiger charge is -2.24. The monoisotopic (exact) mass is 267 g/mol. The van der Waals surface area contributed by atoms with Gasteiger partial charge in [-0.05, 0) is 6.42 Å². The van der Waals surface area contributed by atoms with Gasteiger partial charge < -0.3 is 5.11 Å². The third kappa shape index (κ3) is 5.18. The summed E-state index contributed by atoms with van der Waals surface area (Å²) < 4.78 is 0. The fraction of sp³-hybridized carbons (Fsp3) is 0.800. The smallest absolute Gasteiger partial charge is 0.232 e. The van der Waals surface area contributed by atoms with Crippen molar-refractivity contribution in [1.29, 1.82) is 0 Å². The van der Waals surface area contributed by atoms with Gasteiger partial charge >= 0.3 is 0 Å². The quantitative estimate of drug-likeness (QED) is 0.433. The van der Waals surface area contributed by atoms with Crippen LogP contribution in [0.2, 0.25) is 0 Å². The first-order valence-electron chi connectivity index (χ1n) is 5.20. The number of thiol groups is 1. The Morgan fingerprint density at radius 3 is 2.44 bits per heavy atom. The van der Waals surface area contributed by atoms with Crippen molar-refractivity contribution < 1.29 is 14.7 Å². The molecule has 0 heterocycles. The van der Waals surface area contributed by atoms with Crippen LogP contribution in [0.25, 0.3) is 0 Å². The average molecular weight is 268 g/mol. The van der Waals surface area contributed by atoms with Crippen LogP contribution in [0.3, 0.4) is 0 Å². The summed E-state index contributed by atoms with van der Waals surface area (Å²) in [6.07, 6.45) is 0.733. The summed E-state index contributed by atoms with van der Waals surface area (Å²) in [6.45, 7) is 3.30. The van der Waals surface area contributed by atoms with Crippen LogP contribution in [0.5, 0.6) is 0 Å². The van der Waals surface area contributed by atoms with E-state index in [1.54, 1.807) is 13.8 Å². The Labute approximate surface area is 106 Å². The number of amides is 2. The van der Waals surface area contributed by atoms with Crippen LogP contribution >= 0.6 is 24.2 Å². The van der Waals surface area contributed by atoms with E-state index >= 15 is 0 Å². The number of halogens is 1. The molecular formula is C10H18ClNO3S. The number of aliphatic hydroxyl groups excluding tert-OH is 1. The van der Waals surface area contributed by atoms with Gasteiger partial charge in [-0.15, -0.1) is 24.2 Å². The van der Waals surface area contributed by atoms with Gasteiger partial charge in [0.1, 0.15) is 5.44 Å². The lowest BCUT2D eigenvalue weighted by molar-refractivity contribution is -0.148. The molecule has 16 heavy (non-hydrogen) atoms. The van der Waals surface area contributed by atoms with Gasteiger partial charge in [-0.1, -0.05) is 13.8 Å². The van der Waals surface area contributed by atoms with E-state index in [1.807, 2.05) is 0 Å². The molecule has 0 rings (SSSR count). The lowest BCUT2D eigenvalue weighted by atomic mass is 10.1. The maximum Gasteiger partial charge on any atom is 0.232 e. The highest BCUT2D eigenvalue weighted by Gasteiger charge is 2.25. The number of aliphatic hydroxyl groups is 1. The summed E-state index contributed by atoms with van der Waals surface area (Å²) in [7, 11) is 0. The Balaban J connectivity index is 4.61. The van der Waals surface area contributed by atoms with Crippen LogP contribution in [0, 0.1) is 5.92 Å². The first-order chi connectivity index (χ1) is 7.43. The normalized spacial score (nSPS) is 14.3. The van der Waals surface area contributed by atoms with Gasteiger partial charge in [-0.2, -0.15) is 0 Å². The summed E-state index contributed by atoms with van der Waals surface area (Å²) in [5, 5.41) is 9.12. The predicted octanol–water partition coefficient (Wildman–Crippen LogP) is 1.26. The Morgan fingerprint density at radius 1 is 1.50 bits per heavy atom. The summed E-state index contributed by atoms with van der Waals surface area (Å²) in [6, 6.07) is 0. The second-order valence-corrected chi connectivity index (χ2v) is 4.53. The molecule has 94 valence electrons. The molecule has 0 aliphatic rings. The van der Waals surface area contributed by atoms with Crippen LogP contribution in [0.4, 0.5) is 0 Å². The lowest BCUT2D eigenvalue weighted by Crippen LogP contribution is -2.43. The van der Waals surface area contributed by atoms with Crippen LogP contribution in [-0.2, 0) is 9.59 Å². The van der Waals surface area contributed by atoms with Crippen molar-refractivity contribution in [3.63, 3.8) is 0 Å². The molecule has 0 aromatic carbocycles. The van der Waals surface area contributed by atoms with E-state index in [-0.39, 0.29) is 30.7 Å². The third-order valence-electron chi connectivity index (χ3n) is 2.18. The highest BCUT2D eigenvalue weighted by atomic mass is 35.5. The first kappa shape index (κ1) is 15.7. The topological polar surface area (TPSA) is 57.6 Å². The minimum absolute atomic E-state index is 0.0821. The molecule has 0 bridgehead atoms. The molecule has 0 radical (unpaired) electrons. The molecule has 6 heteroatoms. The second kappa shape index (κ2) is 7.92. The summed E-state index contributed by atoms with van der Waals surface area (Å²) in [5.74, 6) is -0.565. The van der Waals surface area contributed by atoms with Gasteiger partial charge in [0.2, 0.25) is 11.8 Å². The molecule has 0 aromatic rings. The fourth-order valence-electron chi connectivity index (χ4n) is 1.22. The van der Waals surface area contributed by atoms with Gasteiger partial charge in [-0.3, -0.25) is 14.5 Å². The number of carbonyl (C=O) groups is 2. The van der Waals surface area contributed by atoms with Crippen molar-refractivity contribution in [1.82, 2.24) is 4.90 Å². The van der Waals surface area contributed by atoms with Crippen LogP contribution < -0.4 is 0 Å². The van der Waals surface area contributed by atoms with Gasteiger partial charge in [0.05, 0.1) is 6.54 Å². The highest BCUT2D eigenvalue weighted by molar-refractivity contribution is 7.80. The van der Waals surface area contributed by atoms with Gasteiger partial charge in [0.25, 0.3) is 0 Å². The maximum atomic E-state index is 11.9. The van der Waals surface area contributed by atoms with Crippen molar-refractivity contribution in [2.24, 2.45) is 5.92 Å². The molecule has 4 nitrogen and oxygen atoms in total. The first-order valence-corrected chi connectivity index (χ1v) is 6.25. The molecule has 0 spiro atoms. The summed E-state index contributed by atoms with van der Waals surface area (Å²) in [5.41, 5.74) is -1.01. The SMILES string of the molecule is CCC(=O)N(C[C@H](O)S)C(=O)[C@@H](C)CCCl. The van der Waals surface area contributed by atoms with Crippen LogP contribution in [-0.4, -0.2) is 39.7 Å². The number of hydrogen-bond donors (Lipinski definition) is 2. The van der Waals surface area contributed by atoms with E-state index in [1.165, 1.54) is 0 Å². The van der Waals surface area contributed by atoms with E-state index < -0.39 is 5.44 Å². The Hall–Kier alpha value is -0.260. The molecule has 2 amide bonds. The van der Waals surface area contributed by atoms with Crippen molar-refractivity contribution in [2.45, 2.75) is 32.1 Å². The molecule has 0 saturated carbocycles. The Bertz CT molecular complexity index is 248. The minimum Gasteiger partial charge on any atom is -0.381 e. The minimum atomic E-state index is -1.01. The molecule has 0 aliphatic carbocycles. The van der Waals surface area contributed by atoms with Crippen molar-refractivity contribution in [2.75, 3.05) is 12.4 Å². The largest absolute Gasteiger partial charge is 0.381 e. The molecule has 0 unspecified atom stereocenters. The van der Waals surface area contributed by atoms with Crippen molar-refractivity contribution in [3.8, 4) is 0 Å². The number of carbonyl (C=O) groups excluding carboxylic acids is 2. The van der Waals surface area contributed by atoms with Crippen molar-refractivity contribution in [3.05, 3.63) is 0 Å². The fourth-order valence-corrected chi connectivity index (χ4v) is 1.71. The number of imide groups is 1. The standard InChI is InChI=1S/C10H18ClNO3S/c1-3-8(13)12(6-9(14)16)10(15)7(2)4-5-11/h7,9,14,16H,3-6H2,1-2H3/t7-,9+/m0/s1. The molecule has 0 saturated heterocycles. The van der Waals surface area contributed by atoms with E-state index in [0.29, 0.717) is 12.3 Å².